The Kier molecular flexibility index (Phi) is 6.56. The molecule has 1 aliphatic heterocycles. The Bertz CT molecular complexity index is 327. The van der Waals surface area contributed by atoms with Gasteiger partial charge in [0.25, 0.3) is 0 Å². The molecular weight excluding hydrogens is 242 g/mol. The Morgan fingerprint density at radius 3 is 2.42 bits per heavy atom. The molecule has 19 heavy (non-hydrogen) atoms. The van der Waals surface area contributed by atoms with Crippen LogP contribution < -0.4 is 0 Å². The van der Waals surface area contributed by atoms with Crippen LogP contribution in [0.2, 0.25) is 0 Å². The van der Waals surface area contributed by atoms with Gasteiger partial charge >= 0.3 is 0 Å². The first-order valence-electron chi connectivity index (χ1n) is 7.03. The van der Waals surface area contributed by atoms with Gasteiger partial charge in [-0.3, -0.25) is 14.5 Å². The lowest BCUT2D eigenvalue weighted by atomic mass is 10.3. The van der Waals surface area contributed by atoms with Gasteiger partial charge < -0.3 is 9.80 Å². The zero-order valence-corrected chi connectivity index (χ0v) is 12.1. The van der Waals surface area contributed by atoms with Crippen molar-refractivity contribution in [3.05, 3.63) is 12.7 Å². The van der Waals surface area contributed by atoms with Gasteiger partial charge in [-0.25, -0.2) is 0 Å². The fraction of sp³-hybridized carbons (Fsp3) is 0.714. The average Bonchev–Trinajstić information content (AvgIpc) is 2.65. The number of hydrogen-bond donors (Lipinski definition) is 0. The third-order valence-electron chi connectivity index (χ3n) is 3.55. The zero-order chi connectivity index (χ0) is 14.3. The molecule has 0 aromatic heterocycles. The lowest BCUT2D eigenvalue weighted by Crippen LogP contribution is -2.41. The topological polar surface area (TPSA) is 43.9 Å². The van der Waals surface area contributed by atoms with Crippen molar-refractivity contribution in [2.24, 2.45) is 0 Å². The van der Waals surface area contributed by atoms with Gasteiger partial charge in [0, 0.05) is 39.3 Å². The first-order valence-corrected chi connectivity index (χ1v) is 7.03. The highest BCUT2D eigenvalue weighted by Crippen LogP contribution is 2.04. The van der Waals surface area contributed by atoms with E-state index in [2.05, 4.69) is 11.5 Å². The number of carbonyl (C=O) groups excluding carboxylic acids is 2. The highest BCUT2D eigenvalue weighted by molar-refractivity contribution is 5.87. The number of hydrogen-bond acceptors (Lipinski definition) is 3. The van der Waals surface area contributed by atoms with Crippen molar-refractivity contribution in [3.8, 4) is 0 Å². The summed E-state index contributed by atoms with van der Waals surface area (Å²) in [5.74, 6) is 0.158. The van der Waals surface area contributed by atoms with Crippen LogP contribution in [0.4, 0.5) is 0 Å². The molecule has 0 aromatic rings. The van der Waals surface area contributed by atoms with E-state index >= 15 is 0 Å². The van der Waals surface area contributed by atoms with Gasteiger partial charge in [-0.1, -0.05) is 6.58 Å². The van der Waals surface area contributed by atoms with Gasteiger partial charge in [0.2, 0.25) is 11.8 Å². The molecule has 1 rings (SSSR count). The molecule has 2 amide bonds. The fourth-order valence-electron chi connectivity index (χ4n) is 2.35. The Labute approximate surface area is 115 Å². The van der Waals surface area contributed by atoms with Gasteiger partial charge in [-0.2, -0.15) is 0 Å². The second-order valence-electron chi connectivity index (χ2n) is 4.73. The monoisotopic (exact) mass is 267 g/mol. The van der Waals surface area contributed by atoms with Crippen molar-refractivity contribution in [1.29, 1.82) is 0 Å². The van der Waals surface area contributed by atoms with E-state index in [0.717, 1.165) is 39.1 Å². The maximum Gasteiger partial charge on any atom is 0.245 e. The summed E-state index contributed by atoms with van der Waals surface area (Å²) in [6, 6.07) is 0. The summed E-state index contributed by atoms with van der Waals surface area (Å²) in [6.45, 7) is 12.5. The molecule has 0 aliphatic carbocycles. The van der Waals surface area contributed by atoms with E-state index in [1.165, 1.54) is 6.08 Å². The first-order chi connectivity index (χ1) is 9.12. The number of nitrogens with zero attached hydrogens (tertiary/aromatic N) is 3. The minimum atomic E-state index is -0.0167. The second kappa shape index (κ2) is 7.94. The maximum absolute atomic E-state index is 12.0. The summed E-state index contributed by atoms with van der Waals surface area (Å²) in [5, 5.41) is 0. The molecule has 0 aromatic carbocycles. The Morgan fingerprint density at radius 1 is 1.16 bits per heavy atom. The van der Waals surface area contributed by atoms with Gasteiger partial charge in [0.15, 0.2) is 0 Å². The summed E-state index contributed by atoms with van der Waals surface area (Å²) in [6.07, 6.45) is 2.27. The molecule has 1 aliphatic rings. The molecule has 1 fully saturated rings. The predicted molar refractivity (Wildman–Crippen MR) is 75.8 cm³/mol. The molecule has 0 atom stereocenters. The summed E-state index contributed by atoms with van der Waals surface area (Å²) < 4.78 is 0. The molecule has 5 heteroatoms. The van der Waals surface area contributed by atoms with E-state index in [1.807, 2.05) is 18.7 Å². The molecule has 5 nitrogen and oxygen atoms in total. The highest BCUT2D eigenvalue weighted by atomic mass is 16.2. The van der Waals surface area contributed by atoms with Crippen LogP contribution in [0.5, 0.6) is 0 Å². The molecule has 0 unspecified atom stereocenters. The lowest BCUT2D eigenvalue weighted by Gasteiger charge is -2.25. The largest absolute Gasteiger partial charge is 0.342 e. The Hall–Kier alpha value is -1.36. The van der Waals surface area contributed by atoms with Crippen LogP contribution in [0.15, 0.2) is 12.7 Å². The normalized spacial score (nSPS) is 16.8. The molecule has 0 spiro atoms. The van der Waals surface area contributed by atoms with Crippen molar-refractivity contribution >= 4 is 11.8 Å². The zero-order valence-electron chi connectivity index (χ0n) is 12.1. The minimum absolute atomic E-state index is 0.0167. The van der Waals surface area contributed by atoms with Crippen molar-refractivity contribution in [2.75, 3.05) is 45.8 Å². The van der Waals surface area contributed by atoms with Gasteiger partial charge in [-0.05, 0) is 26.3 Å². The van der Waals surface area contributed by atoms with Crippen molar-refractivity contribution in [2.45, 2.75) is 20.3 Å². The Morgan fingerprint density at radius 2 is 1.84 bits per heavy atom. The third-order valence-corrected chi connectivity index (χ3v) is 3.55. The summed E-state index contributed by atoms with van der Waals surface area (Å²) >= 11 is 0. The first kappa shape index (κ1) is 15.7. The fourth-order valence-corrected chi connectivity index (χ4v) is 2.35. The standard InChI is InChI=1S/C14H25N3O2/c1-4-13(18)17-9-7-8-15(10-11-17)12-14(19)16(5-2)6-3/h4H,1,5-12H2,2-3H3. The van der Waals surface area contributed by atoms with Gasteiger partial charge in [0.05, 0.1) is 6.54 Å². The highest BCUT2D eigenvalue weighted by Gasteiger charge is 2.20. The number of rotatable bonds is 5. The molecule has 0 radical (unpaired) electrons. The Balaban J connectivity index is 2.47. The molecule has 0 saturated carbocycles. The van der Waals surface area contributed by atoms with Crippen LogP contribution in [-0.4, -0.2) is 72.3 Å². The molecule has 1 heterocycles. The van der Waals surface area contributed by atoms with Gasteiger partial charge in [-0.15, -0.1) is 0 Å². The van der Waals surface area contributed by atoms with E-state index < -0.39 is 0 Å². The number of carbonyl (C=O) groups is 2. The molecule has 1 saturated heterocycles. The van der Waals surface area contributed by atoms with Gasteiger partial charge in [0.1, 0.15) is 0 Å². The number of amides is 2. The molecule has 0 N–H and O–H groups in total. The molecular formula is C14H25N3O2. The summed E-state index contributed by atoms with van der Waals surface area (Å²) in [4.78, 5) is 29.4. The van der Waals surface area contributed by atoms with Crippen LogP contribution in [0.25, 0.3) is 0 Å². The van der Waals surface area contributed by atoms with Crippen LogP contribution >= 0.6 is 0 Å². The van der Waals surface area contributed by atoms with Crippen LogP contribution in [0.1, 0.15) is 20.3 Å². The van der Waals surface area contributed by atoms with E-state index in [4.69, 9.17) is 0 Å². The van der Waals surface area contributed by atoms with E-state index in [1.54, 1.807) is 4.90 Å². The van der Waals surface area contributed by atoms with E-state index in [0.29, 0.717) is 13.1 Å². The smallest absolute Gasteiger partial charge is 0.245 e. The van der Waals surface area contributed by atoms with Crippen molar-refractivity contribution in [3.63, 3.8) is 0 Å². The van der Waals surface area contributed by atoms with Crippen LogP contribution in [-0.2, 0) is 9.59 Å². The van der Waals surface area contributed by atoms with Crippen molar-refractivity contribution in [1.82, 2.24) is 14.7 Å². The average molecular weight is 267 g/mol. The van der Waals surface area contributed by atoms with E-state index in [9.17, 15) is 9.59 Å². The maximum atomic E-state index is 12.0. The van der Waals surface area contributed by atoms with Crippen LogP contribution in [0, 0.1) is 0 Å². The minimum Gasteiger partial charge on any atom is -0.342 e. The lowest BCUT2D eigenvalue weighted by molar-refractivity contribution is -0.132. The third kappa shape index (κ3) is 4.67. The van der Waals surface area contributed by atoms with Crippen molar-refractivity contribution < 1.29 is 9.59 Å². The molecule has 108 valence electrons. The SMILES string of the molecule is C=CC(=O)N1CCCN(CC(=O)N(CC)CC)CC1. The van der Waals surface area contributed by atoms with E-state index in [-0.39, 0.29) is 11.8 Å². The summed E-state index contributed by atoms with van der Waals surface area (Å²) in [5.41, 5.74) is 0. The second-order valence-corrected chi connectivity index (χ2v) is 4.73. The number of likely N-dealkylation sites (N-methyl/N-ethyl adjacent to an activating group) is 1. The predicted octanol–water partition coefficient (Wildman–Crippen LogP) is 0.575. The molecule has 0 bridgehead atoms. The summed E-state index contributed by atoms with van der Waals surface area (Å²) in [7, 11) is 0. The van der Waals surface area contributed by atoms with Crippen LogP contribution in [0.3, 0.4) is 0 Å². The quantitative estimate of drug-likeness (QED) is 0.684.